The molecule has 18 heavy (non-hydrogen) atoms. The first kappa shape index (κ1) is 10.6. The Morgan fingerprint density at radius 3 is 3.00 bits per heavy atom. The first-order valence-electron chi connectivity index (χ1n) is 5.44. The second-order valence-corrected chi connectivity index (χ2v) is 3.96. The van der Waals surface area contributed by atoms with Crippen molar-refractivity contribution >= 4 is 17.0 Å². The van der Waals surface area contributed by atoms with Crippen molar-refractivity contribution < 1.29 is 14.3 Å². The number of benzene rings is 1. The van der Waals surface area contributed by atoms with Crippen molar-refractivity contribution in [1.29, 1.82) is 0 Å². The Kier molecular flexibility index (Phi) is 2.37. The summed E-state index contributed by atoms with van der Waals surface area (Å²) in [6.07, 6.45) is 3.30. The fourth-order valence-corrected chi connectivity index (χ4v) is 1.89. The zero-order chi connectivity index (χ0) is 12.5. The number of carbonyl (C=O) groups is 1. The van der Waals surface area contributed by atoms with Gasteiger partial charge in [-0.2, -0.15) is 0 Å². The molecular weight excluding hydrogens is 232 g/mol. The van der Waals surface area contributed by atoms with Crippen LogP contribution < -0.4 is 0 Å². The number of rotatable bonds is 3. The van der Waals surface area contributed by atoms with E-state index >= 15 is 0 Å². The molecule has 0 aliphatic rings. The molecule has 1 N–H and O–H groups in total. The number of furan rings is 1. The van der Waals surface area contributed by atoms with E-state index in [1.54, 1.807) is 30.8 Å². The zero-order valence-electron chi connectivity index (χ0n) is 9.41. The van der Waals surface area contributed by atoms with E-state index in [1.807, 2.05) is 16.7 Å². The Hall–Kier alpha value is -2.56. The third-order valence-corrected chi connectivity index (χ3v) is 2.77. The maximum atomic E-state index is 10.9. The van der Waals surface area contributed by atoms with Gasteiger partial charge >= 0.3 is 5.97 Å². The van der Waals surface area contributed by atoms with Gasteiger partial charge in [0, 0.05) is 0 Å². The molecule has 1 aromatic carbocycles. The van der Waals surface area contributed by atoms with Crippen LogP contribution in [0.1, 0.15) is 16.1 Å². The molecule has 0 amide bonds. The minimum Gasteiger partial charge on any atom is -0.478 e. The summed E-state index contributed by atoms with van der Waals surface area (Å²) in [5, 5.41) is 8.91. The molecule has 0 atom stereocenters. The van der Waals surface area contributed by atoms with Gasteiger partial charge in [-0.05, 0) is 30.3 Å². The SMILES string of the molecule is O=C(O)c1ccc2c(c1)ncn2Cc1ccco1. The first-order valence-corrected chi connectivity index (χ1v) is 5.44. The molecule has 0 spiro atoms. The number of fused-ring (bicyclic) bond motifs is 1. The number of aromatic carboxylic acids is 1. The highest BCUT2D eigenvalue weighted by molar-refractivity contribution is 5.92. The average molecular weight is 242 g/mol. The normalized spacial score (nSPS) is 10.9. The van der Waals surface area contributed by atoms with E-state index in [0.29, 0.717) is 12.1 Å². The standard InChI is InChI=1S/C13H10N2O3/c16-13(17)9-3-4-12-11(6-9)14-8-15(12)7-10-2-1-5-18-10/h1-6,8H,7H2,(H,16,17). The number of aromatic nitrogens is 2. The first-order chi connectivity index (χ1) is 8.74. The van der Waals surface area contributed by atoms with Gasteiger partial charge in [0.15, 0.2) is 0 Å². The van der Waals surface area contributed by atoms with E-state index in [4.69, 9.17) is 9.52 Å². The minimum absolute atomic E-state index is 0.241. The van der Waals surface area contributed by atoms with Gasteiger partial charge in [0.2, 0.25) is 0 Å². The lowest BCUT2D eigenvalue weighted by molar-refractivity contribution is 0.0697. The molecule has 0 saturated heterocycles. The van der Waals surface area contributed by atoms with Crippen LogP contribution in [-0.2, 0) is 6.54 Å². The van der Waals surface area contributed by atoms with Gasteiger partial charge in [0.1, 0.15) is 5.76 Å². The molecule has 5 nitrogen and oxygen atoms in total. The maximum Gasteiger partial charge on any atom is 0.335 e. The van der Waals surface area contributed by atoms with Crippen molar-refractivity contribution in [2.45, 2.75) is 6.54 Å². The van der Waals surface area contributed by atoms with E-state index in [0.717, 1.165) is 11.3 Å². The second-order valence-electron chi connectivity index (χ2n) is 3.96. The van der Waals surface area contributed by atoms with Gasteiger partial charge < -0.3 is 14.1 Å². The predicted octanol–water partition coefficient (Wildman–Crippen LogP) is 2.38. The molecule has 0 bridgehead atoms. The Morgan fingerprint density at radius 1 is 1.39 bits per heavy atom. The lowest BCUT2D eigenvalue weighted by Crippen LogP contribution is -1.98. The van der Waals surface area contributed by atoms with Crippen molar-refractivity contribution in [3.8, 4) is 0 Å². The molecule has 5 heteroatoms. The summed E-state index contributed by atoms with van der Waals surface area (Å²) in [6.45, 7) is 0.579. The van der Waals surface area contributed by atoms with Crippen LogP contribution in [0.5, 0.6) is 0 Å². The number of hydrogen-bond acceptors (Lipinski definition) is 3. The largest absolute Gasteiger partial charge is 0.478 e. The van der Waals surface area contributed by atoms with E-state index in [2.05, 4.69) is 4.98 Å². The summed E-state index contributed by atoms with van der Waals surface area (Å²) >= 11 is 0. The maximum absolute atomic E-state index is 10.9. The number of hydrogen-bond donors (Lipinski definition) is 1. The van der Waals surface area contributed by atoms with E-state index in [9.17, 15) is 4.79 Å². The van der Waals surface area contributed by atoms with E-state index in [1.165, 1.54) is 0 Å². The molecule has 3 rings (SSSR count). The lowest BCUT2D eigenvalue weighted by Gasteiger charge is -2.01. The summed E-state index contributed by atoms with van der Waals surface area (Å²) in [6, 6.07) is 8.62. The van der Waals surface area contributed by atoms with Gasteiger partial charge in [0.25, 0.3) is 0 Å². The fourth-order valence-electron chi connectivity index (χ4n) is 1.89. The number of nitrogens with zero attached hydrogens (tertiary/aromatic N) is 2. The van der Waals surface area contributed by atoms with Crippen LogP contribution in [-0.4, -0.2) is 20.6 Å². The Balaban J connectivity index is 2.02. The van der Waals surface area contributed by atoms with Crippen LogP contribution in [0.3, 0.4) is 0 Å². The summed E-state index contributed by atoms with van der Waals surface area (Å²) < 4.78 is 7.19. The minimum atomic E-state index is -0.947. The third kappa shape index (κ3) is 1.75. The topological polar surface area (TPSA) is 68.3 Å². The Labute approximate surface area is 102 Å². The van der Waals surface area contributed by atoms with Crippen LogP contribution in [0, 0.1) is 0 Å². The van der Waals surface area contributed by atoms with Gasteiger partial charge in [-0.15, -0.1) is 0 Å². The van der Waals surface area contributed by atoms with Crippen LogP contribution in [0.15, 0.2) is 47.3 Å². The third-order valence-electron chi connectivity index (χ3n) is 2.77. The van der Waals surface area contributed by atoms with Crippen molar-refractivity contribution in [1.82, 2.24) is 9.55 Å². The van der Waals surface area contributed by atoms with Crippen LogP contribution in [0.4, 0.5) is 0 Å². The van der Waals surface area contributed by atoms with Crippen molar-refractivity contribution in [3.63, 3.8) is 0 Å². The number of carboxylic acids is 1. The summed E-state index contributed by atoms with van der Waals surface area (Å²) in [7, 11) is 0. The smallest absolute Gasteiger partial charge is 0.335 e. The summed E-state index contributed by atoms with van der Waals surface area (Å²) in [4.78, 5) is 15.1. The van der Waals surface area contributed by atoms with E-state index < -0.39 is 5.97 Å². The molecule has 3 aromatic rings. The van der Waals surface area contributed by atoms with Crippen LogP contribution in [0.2, 0.25) is 0 Å². The van der Waals surface area contributed by atoms with Crippen LogP contribution >= 0.6 is 0 Å². The lowest BCUT2D eigenvalue weighted by atomic mass is 10.2. The monoisotopic (exact) mass is 242 g/mol. The summed E-state index contributed by atoms with van der Waals surface area (Å²) in [5.41, 5.74) is 1.80. The molecule has 90 valence electrons. The van der Waals surface area contributed by atoms with Crippen molar-refractivity contribution in [3.05, 3.63) is 54.2 Å². The highest BCUT2D eigenvalue weighted by Gasteiger charge is 2.08. The summed E-state index contributed by atoms with van der Waals surface area (Å²) in [5.74, 6) is -0.117. The number of carboxylic acid groups (broad SMARTS) is 1. The Bertz CT molecular complexity index is 698. The van der Waals surface area contributed by atoms with Crippen LogP contribution in [0.25, 0.3) is 11.0 Å². The average Bonchev–Trinajstić information content (AvgIpc) is 2.99. The van der Waals surface area contributed by atoms with Crippen molar-refractivity contribution in [2.24, 2.45) is 0 Å². The fraction of sp³-hybridized carbons (Fsp3) is 0.0769. The zero-order valence-corrected chi connectivity index (χ0v) is 9.41. The highest BCUT2D eigenvalue weighted by atomic mass is 16.4. The van der Waals surface area contributed by atoms with Crippen molar-refractivity contribution in [2.75, 3.05) is 0 Å². The second kappa shape index (κ2) is 4.03. The van der Waals surface area contributed by atoms with Gasteiger partial charge in [-0.3, -0.25) is 0 Å². The molecule has 0 aliphatic heterocycles. The molecule has 0 radical (unpaired) electrons. The van der Waals surface area contributed by atoms with Gasteiger partial charge in [0.05, 0.1) is 35.7 Å². The van der Waals surface area contributed by atoms with Gasteiger partial charge in [-0.1, -0.05) is 0 Å². The molecule has 0 fully saturated rings. The van der Waals surface area contributed by atoms with E-state index in [-0.39, 0.29) is 5.56 Å². The number of imidazole rings is 1. The molecular formula is C13H10N2O3. The molecule has 2 heterocycles. The molecule has 0 unspecified atom stereocenters. The molecule has 0 saturated carbocycles. The molecule has 2 aromatic heterocycles. The van der Waals surface area contributed by atoms with Gasteiger partial charge in [-0.25, -0.2) is 9.78 Å². The highest BCUT2D eigenvalue weighted by Crippen LogP contribution is 2.16. The predicted molar refractivity (Wildman–Crippen MR) is 64.5 cm³/mol. The Morgan fingerprint density at radius 2 is 2.28 bits per heavy atom. The quantitative estimate of drug-likeness (QED) is 0.765. The molecule has 0 aliphatic carbocycles.